The van der Waals surface area contributed by atoms with Crippen molar-refractivity contribution in [3.63, 3.8) is 0 Å². The molecule has 5 heteroatoms. The molecule has 1 saturated heterocycles. The Kier molecular flexibility index (Phi) is 3.83. The summed E-state index contributed by atoms with van der Waals surface area (Å²) in [6.07, 6.45) is 10.7. The Balaban J connectivity index is 1.81. The summed E-state index contributed by atoms with van der Waals surface area (Å²) in [5.41, 5.74) is -0.0512. The van der Waals surface area contributed by atoms with Crippen LogP contribution in [0.4, 0.5) is 0 Å². The van der Waals surface area contributed by atoms with Gasteiger partial charge in [-0.2, -0.15) is 0 Å². The van der Waals surface area contributed by atoms with Crippen LogP contribution < -0.4 is 0 Å². The number of imide groups is 1. The molecule has 2 amide bonds. The number of H-pyrrole nitrogens is 1. The number of aromatic amines is 1. The first-order chi connectivity index (χ1) is 10.2. The Morgan fingerprint density at radius 1 is 1.24 bits per heavy atom. The highest BCUT2D eigenvalue weighted by molar-refractivity contribution is 5.99. The molecule has 2 fully saturated rings. The van der Waals surface area contributed by atoms with Crippen molar-refractivity contribution in [2.75, 3.05) is 0 Å². The van der Waals surface area contributed by atoms with E-state index >= 15 is 0 Å². The van der Waals surface area contributed by atoms with Crippen molar-refractivity contribution in [2.24, 2.45) is 5.41 Å². The van der Waals surface area contributed by atoms with E-state index in [-0.39, 0.29) is 23.3 Å². The van der Waals surface area contributed by atoms with Crippen LogP contribution in [-0.4, -0.2) is 26.7 Å². The molecule has 0 aromatic carbocycles. The summed E-state index contributed by atoms with van der Waals surface area (Å²) < 4.78 is 0. The van der Waals surface area contributed by atoms with Crippen LogP contribution in [0.3, 0.4) is 0 Å². The molecule has 1 aromatic heterocycles. The van der Waals surface area contributed by atoms with E-state index in [1.807, 2.05) is 6.92 Å². The topological polar surface area (TPSA) is 66.1 Å². The number of hydrogen-bond donors (Lipinski definition) is 1. The molecule has 2 heterocycles. The van der Waals surface area contributed by atoms with Crippen LogP contribution in [0, 0.1) is 5.41 Å². The van der Waals surface area contributed by atoms with Crippen molar-refractivity contribution in [3.8, 4) is 0 Å². The molecule has 0 radical (unpaired) electrons. The third-order valence-electron chi connectivity index (χ3n) is 5.04. The van der Waals surface area contributed by atoms with E-state index in [0.717, 1.165) is 25.7 Å². The van der Waals surface area contributed by atoms with Gasteiger partial charge >= 0.3 is 0 Å². The fourth-order valence-electron chi connectivity index (χ4n) is 3.97. The molecule has 114 valence electrons. The van der Waals surface area contributed by atoms with Crippen LogP contribution in [0.1, 0.15) is 70.2 Å². The lowest BCUT2D eigenvalue weighted by molar-refractivity contribution is -0.158. The highest BCUT2D eigenvalue weighted by atomic mass is 16.2. The van der Waals surface area contributed by atoms with Gasteiger partial charge in [0.15, 0.2) is 0 Å². The molecule has 5 nitrogen and oxygen atoms in total. The van der Waals surface area contributed by atoms with Gasteiger partial charge in [-0.15, -0.1) is 0 Å². The van der Waals surface area contributed by atoms with Crippen LogP contribution in [0.25, 0.3) is 0 Å². The lowest BCUT2D eigenvalue weighted by Gasteiger charge is -2.44. The number of nitrogens with zero attached hydrogens (tertiary/aromatic N) is 2. The van der Waals surface area contributed by atoms with Crippen molar-refractivity contribution >= 4 is 11.8 Å². The van der Waals surface area contributed by atoms with Gasteiger partial charge in [0.2, 0.25) is 11.8 Å². The monoisotopic (exact) mass is 289 g/mol. The second kappa shape index (κ2) is 5.62. The smallest absolute Gasteiger partial charge is 0.230 e. The van der Waals surface area contributed by atoms with Gasteiger partial charge < -0.3 is 4.98 Å². The van der Waals surface area contributed by atoms with E-state index in [4.69, 9.17) is 0 Å². The van der Waals surface area contributed by atoms with Crippen LogP contribution in [0.15, 0.2) is 12.4 Å². The summed E-state index contributed by atoms with van der Waals surface area (Å²) in [5.74, 6) is 0.673. The lowest BCUT2D eigenvalue weighted by Crippen LogP contribution is -2.50. The van der Waals surface area contributed by atoms with E-state index < -0.39 is 0 Å². The zero-order valence-corrected chi connectivity index (χ0v) is 12.6. The molecule has 2 aliphatic rings. The fraction of sp³-hybridized carbons (Fsp3) is 0.688. The predicted octanol–water partition coefficient (Wildman–Crippen LogP) is 2.96. The molecule has 1 aliphatic heterocycles. The van der Waals surface area contributed by atoms with Crippen molar-refractivity contribution in [1.29, 1.82) is 0 Å². The summed E-state index contributed by atoms with van der Waals surface area (Å²) in [6, 6.07) is -0.249. The first-order valence-electron chi connectivity index (χ1n) is 7.99. The van der Waals surface area contributed by atoms with Gasteiger partial charge in [-0.1, -0.05) is 26.2 Å². The van der Waals surface area contributed by atoms with Crippen LogP contribution >= 0.6 is 0 Å². The van der Waals surface area contributed by atoms with Crippen molar-refractivity contribution < 1.29 is 9.59 Å². The fourth-order valence-corrected chi connectivity index (χ4v) is 3.97. The van der Waals surface area contributed by atoms with E-state index in [0.29, 0.717) is 25.1 Å². The average Bonchev–Trinajstić information content (AvgIpc) is 2.97. The van der Waals surface area contributed by atoms with Crippen LogP contribution in [0.5, 0.6) is 0 Å². The molecule has 3 rings (SSSR count). The molecule has 1 N–H and O–H groups in total. The first-order valence-corrected chi connectivity index (χ1v) is 7.99. The zero-order valence-electron chi connectivity index (χ0n) is 12.6. The molecule has 1 spiro atoms. The third kappa shape index (κ3) is 2.61. The predicted molar refractivity (Wildman–Crippen MR) is 78.2 cm³/mol. The van der Waals surface area contributed by atoms with E-state index in [9.17, 15) is 9.59 Å². The molecular weight excluding hydrogens is 266 g/mol. The quantitative estimate of drug-likeness (QED) is 0.870. The number of rotatable bonds is 3. The average molecular weight is 289 g/mol. The molecule has 1 aromatic rings. The Bertz CT molecular complexity index is 498. The number of nitrogens with one attached hydrogen (secondary N) is 1. The maximum absolute atomic E-state index is 12.6. The number of likely N-dealkylation sites (tertiary alicyclic amines) is 1. The summed E-state index contributed by atoms with van der Waals surface area (Å²) in [7, 11) is 0. The molecule has 1 saturated carbocycles. The molecule has 1 unspecified atom stereocenters. The largest absolute Gasteiger partial charge is 0.347 e. The number of piperidine rings is 1. The van der Waals surface area contributed by atoms with Gasteiger partial charge in [-0.05, 0) is 24.7 Å². The number of hydrogen-bond acceptors (Lipinski definition) is 3. The maximum Gasteiger partial charge on any atom is 0.230 e. The Hall–Kier alpha value is -1.65. The Morgan fingerprint density at radius 3 is 2.43 bits per heavy atom. The number of carbonyl (C=O) groups excluding carboxylic acids is 2. The van der Waals surface area contributed by atoms with E-state index in [1.165, 1.54) is 11.3 Å². The van der Waals surface area contributed by atoms with Crippen molar-refractivity contribution in [1.82, 2.24) is 14.9 Å². The number of amides is 2. The highest BCUT2D eigenvalue weighted by Gasteiger charge is 2.46. The summed E-state index contributed by atoms with van der Waals surface area (Å²) in [5, 5.41) is 0. The summed E-state index contributed by atoms with van der Waals surface area (Å²) >= 11 is 0. The zero-order chi connectivity index (χ0) is 14.9. The minimum absolute atomic E-state index is 0.0172. The van der Waals surface area contributed by atoms with Crippen molar-refractivity contribution in [2.45, 2.75) is 64.3 Å². The summed E-state index contributed by atoms with van der Waals surface area (Å²) in [6.45, 7) is 1.98. The standard InChI is InChI=1S/C16H23N3O2/c1-2-12(15-17-8-9-18-15)19-13(20)10-16(11-14(19)21)6-4-3-5-7-16/h8-9,12H,2-7,10-11H2,1H3,(H,17,18). The highest BCUT2D eigenvalue weighted by Crippen LogP contribution is 2.46. The van der Waals surface area contributed by atoms with Crippen molar-refractivity contribution in [3.05, 3.63) is 18.2 Å². The van der Waals surface area contributed by atoms with Crippen LogP contribution in [0.2, 0.25) is 0 Å². The molecule has 21 heavy (non-hydrogen) atoms. The molecular formula is C16H23N3O2. The van der Waals surface area contributed by atoms with Gasteiger partial charge in [0, 0.05) is 25.2 Å². The second-order valence-electron chi connectivity index (χ2n) is 6.47. The SMILES string of the molecule is CCC(c1ncc[nH]1)N1C(=O)CC2(CCCCC2)CC1=O. The third-order valence-corrected chi connectivity index (χ3v) is 5.04. The molecule has 0 bridgehead atoms. The minimum atomic E-state index is -0.249. The Morgan fingerprint density at radius 2 is 1.90 bits per heavy atom. The normalized spacial score (nSPS) is 23.6. The Labute approximate surface area is 125 Å². The van der Waals surface area contributed by atoms with Gasteiger partial charge in [0.25, 0.3) is 0 Å². The first kappa shape index (κ1) is 14.3. The van der Waals surface area contributed by atoms with E-state index in [1.54, 1.807) is 12.4 Å². The number of aromatic nitrogens is 2. The number of carbonyl (C=O) groups is 2. The second-order valence-corrected chi connectivity index (χ2v) is 6.47. The summed E-state index contributed by atoms with van der Waals surface area (Å²) in [4.78, 5) is 34.0. The maximum atomic E-state index is 12.6. The number of imidazole rings is 1. The van der Waals surface area contributed by atoms with Gasteiger partial charge in [0.05, 0.1) is 6.04 Å². The van der Waals surface area contributed by atoms with Gasteiger partial charge in [-0.3, -0.25) is 14.5 Å². The molecule has 1 atom stereocenters. The lowest BCUT2D eigenvalue weighted by atomic mass is 9.67. The van der Waals surface area contributed by atoms with Crippen LogP contribution in [-0.2, 0) is 9.59 Å². The van der Waals surface area contributed by atoms with Gasteiger partial charge in [0.1, 0.15) is 5.82 Å². The molecule has 1 aliphatic carbocycles. The van der Waals surface area contributed by atoms with E-state index in [2.05, 4.69) is 9.97 Å². The minimum Gasteiger partial charge on any atom is -0.347 e. The van der Waals surface area contributed by atoms with Gasteiger partial charge in [-0.25, -0.2) is 4.98 Å².